The number of carbonyl (C=O) groups excluding carboxylic acids is 2. The number of ketones is 1. The van der Waals surface area contributed by atoms with Gasteiger partial charge in [-0.15, -0.1) is 0 Å². The van der Waals surface area contributed by atoms with Crippen molar-refractivity contribution >= 4 is 23.3 Å². The molecule has 0 saturated carbocycles. The Morgan fingerprint density at radius 3 is 2.75 bits per heavy atom. The van der Waals surface area contributed by atoms with Crippen molar-refractivity contribution < 1.29 is 24.2 Å². The van der Waals surface area contributed by atoms with Crippen LogP contribution < -0.4 is 9.64 Å². The highest BCUT2D eigenvalue weighted by molar-refractivity contribution is 6.04. The second-order valence-electron chi connectivity index (χ2n) is 4.53. The molecule has 0 aromatic heterocycles. The number of nitrogens with zero attached hydrogens (tertiary/aromatic N) is 1. The molecule has 1 N–H and O–H groups in total. The lowest BCUT2D eigenvalue weighted by Crippen LogP contribution is -2.48. The van der Waals surface area contributed by atoms with Crippen LogP contribution in [0.15, 0.2) is 18.2 Å². The lowest BCUT2D eigenvalue weighted by molar-refractivity contribution is -0.140. The Morgan fingerprint density at radius 2 is 2.15 bits per heavy atom. The fraction of sp³-hybridized carbons (Fsp3) is 0.357. The Balaban J connectivity index is 2.50. The van der Waals surface area contributed by atoms with Gasteiger partial charge in [-0.1, -0.05) is 6.92 Å². The molecule has 0 aliphatic carbocycles. The lowest BCUT2D eigenvalue weighted by atomic mass is 10.1. The molecule has 1 unspecified atom stereocenters. The summed E-state index contributed by atoms with van der Waals surface area (Å²) in [6, 6.07) is 3.70. The molecule has 6 nitrogen and oxygen atoms in total. The number of benzene rings is 1. The molecule has 0 saturated heterocycles. The summed E-state index contributed by atoms with van der Waals surface area (Å²) < 4.78 is 5.27. The topological polar surface area (TPSA) is 83.9 Å². The van der Waals surface area contributed by atoms with Gasteiger partial charge in [0.2, 0.25) is 0 Å². The van der Waals surface area contributed by atoms with Crippen molar-refractivity contribution in [1.82, 2.24) is 0 Å². The zero-order valence-electron chi connectivity index (χ0n) is 11.3. The van der Waals surface area contributed by atoms with Crippen molar-refractivity contribution in [2.24, 2.45) is 0 Å². The molecule has 1 aromatic rings. The molecule has 106 valence electrons. The minimum atomic E-state index is -1.11. The summed E-state index contributed by atoms with van der Waals surface area (Å²) in [5.74, 6) is -1.22. The highest BCUT2D eigenvalue weighted by Crippen LogP contribution is 2.34. The number of aliphatic carboxylic acids is 1. The molecule has 1 heterocycles. The summed E-state index contributed by atoms with van der Waals surface area (Å²) in [5.41, 5.74) is 0.766. The van der Waals surface area contributed by atoms with Crippen molar-refractivity contribution in [2.75, 3.05) is 11.5 Å². The summed E-state index contributed by atoms with van der Waals surface area (Å²) in [4.78, 5) is 35.9. The van der Waals surface area contributed by atoms with Crippen LogP contribution in [0.1, 0.15) is 30.6 Å². The monoisotopic (exact) mass is 277 g/mol. The summed E-state index contributed by atoms with van der Waals surface area (Å²) >= 11 is 0. The maximum absolute atomic E-state index is 11.9. The molecular formula is C14H15NO5. The first kappa shape index (κ1) is 14.0. The van der Waals surface area contributed by atoms with Crippen LogP contribution in [0, 0.1) is 0 Å². The van der Waals surface area contributed by atoms with Crippen LogP contribution in [0.25, 0.3) is 0 Å². The number of fused-ring (bicyclic) bond motifs is 1. The first-order chi connectivity index (χ1) is 9.45. The van der Waals surface area contributed by atoms with Gasteiger partial charge in [0, 0.05) is 12.0 Å². The summed E-state index contributed by atoms with van der Waals surface area (Å²) in [7, 11) is 0. The third kappa shape index (κ3) is 2.36. The van der Waals surface area contributed by atoms with Gasteiger partial charge in [0.15, 0.2) is 12.4 Å². The predicted octanol–water partition coefficient (Wildman–Crippen LogP) is 1.48. The molecule has 0 spiro atoms. The average Bonchev–Trinajstić information content (AvgIpc) is 2.44. The zero-order valence-corrected chi connectivity index (χ0v) is 11.3. The first-order valence-corrected chi connectivity index (χ1v) is 6.30. The molecule has 2 rings (SSSR count). The SMILES string of the molecule is CCC(=O)c1ccc2c(c1)N(C(C)C(=O)O)C(=O)CO2. The van der Waals surface area contributed by atoms with Gasteiger partial charge in [-0.05, 0) is 25.1 Å². The smallest absolute Gasteiger partial charge is 0.326 e. The van der Waals surface area contributed by atoms with Gasteiger partial charge >= 0.3 is 5.97 Å². The van der Waals surface area contributed by atoms with E-state index >= 15 is 0 Å². The number of anilines is 1. The average molecular weight is 277 g/mol. The number of carboxylic acids is 1. The van der Waals surface area contributed by atoms with Gasteiger partial charge < -0.3 is 9.84 Å². The number of rotatable bonds is 4. The van der Waals surface area contributed by atoms with E-state index in [2.05, 4.69) is 0 Å². The lowest BCUT2D eigenvalue weighted by Gasteiger charge is -2.32. The number of ether oxygens (including phenoxy) is 1. The Bertz CT molecular complexity index is 581. The van der Waals surface area contributed by atoms with Crippen molar-refractivity contribution in [2.45, 2.75) is 26.3 Å². The fourth-order valence-electron chi connectivity index (χ4n) is 2.08. The number of carboxylic acid groups (broad SMARTS) is 1. The normalized spacial score (nSPS) is 15.3. The van der Waals surface area contributed by atoms with Crippen LogP contribution in [0.4, 0.5) is 5.69 Å². The van der Waals surface area contributed by atoms with Gasteiger partial charge in [0.25, 0.3) is 5.91 Å². The molecule has 1 amide bonds. The number of hydrogen-bond acceptors (Lipinski definition) is 4. The van der Waals surface area contributed by atoms with E-state index in [0.717, 1.165) is 4.90 Å². The van der Waals surface area contributed by atoms with Crippen molar-refractivity contribution in [3.8, 4) is 5.75 Å². The van der Waals surface area contributed by atoms with E-state index in [1.807, 2.05) is 0 Å². The Hall–Kier alpha value is -2.37. The van der Waals surface area contributed by atoms with Crippen molar-refractivity contribution in [3.63, 3.8) is 0 Å². The zero-order chi connectivity index (χ0) is 14.9. The van der Waals surface area contributed by atoms with Gasteiger partial charge in [-0.3, -0.25) is 14.5 Å². The molecule has 0 bridgehead atoms. The van der Waals surface area contributed by atoms with E-state index in [9.17, 15) is 14.4 Å². The first-order valence-electron chi connectivity index (χ1n) is 6.30. The molecule has 1 aliphatic heterocycles. The molecule has 20 heavy (non-hydrogen) atoms. The van der Waals surface area contributed by atoms with E-state index in [4.69, 9.17) is 9.84 Å². The van der Waals surface area contributed by atoms with E-state index < -0.39 is 17.9 Å². The third-order valence-electron chi connectivity index (χ3n) is 3.23. The standard InChI is InChI=1S/C14H15NO5/c1-3-11(16)9-4-5-12-10(6-9)15(8(2)14(18)19)13(17)7-20-12/h4-6,8H,3,7H2,1-2H3,(H,18,19). The second kappa shape index (κ2) is 5.32. The highest BCUT2D eigenvalue weighted by Gasteiger charge is 2.33. The second-order valence-corrected chi connectivity index (χ2v) is 4.53. The van der Waals surface area contributed by atoms with E-state index in [1.165, 1.54) is 13.0 Å². The Labute approximate surface area is 115 Å². The molecule has 0 radical (unpaired) electrons. The van der Waals surface area contributed by atoms with E-state index in [1.54, 1.807) is 19.1 Å². The van der Waals surface area contributed by atoms with Crippen LogP contribution in [-0.2, 0) is 9.59 Å². The molecule has 6 heteroatoms. The van der Waals surface area contributed by atoms with Crippen LogP contribution in [0.2, 0.25) is 0 Å². The van der Waals surface area contributed by atoms with Gasteiger partial charge in [-0.2, -0.15) is 0 Å². The van der Waals surface area contributed by atoms with Crippen molar-refractivity contribution in [1.29, 1.82) is 0 Å². The molecule has 1 aromatic carbocycles. The largest absolute Gasteiger partial charge is 0.482 e. The van der Waals surface area contributed by atoms with Crippen molar-refractivity contribution in [3.05, 3.63) is 23.8 Å². The number of carbonyl (C=O) groups is 3. The van der Waals surface area contributed by atoms with Gasteiger partial charge in [0.05, 0.1) is 5.69 Å². The quantitative estimate of drug-likeness (QED) is 0.843. The Morgan fingerprint density at radius 1 is 1.45 bits per heavy atom. The predicted molar refractivity (Wildman–Crippen MR) is 71.1 cm³/mol. The number of hydrogen-bond donors (Lipinski definition) is 1. The minimum Gasteiger partial charge on any atom is -0.482 e. The van der Waals surface area contributed by atoms with E-state index in [-0.39, 0.29) is 12.4 Å². The third-order valence-corrected chi connectivity index (χ3v) is 3.23. The molecule has 0 fully saturated rings. The Kier molecular flexibility index (Phi) is 3.74. The van der Waals surface area contributed by atoms with E-state index in [0.29, 0.717) is 23.4 Å². The number of Topliss-reactive ketones (excluding diaryl/α,β-unsaturated/α-hetero) is 1. The highest BCUT2D eigenvalue weighted by atomic mass is 16.5. The van der Waals surface area contributed by atoms with Crippen LogP contribution in [-0.4, -0.2) is 35.4 Å². The summed E-state index contributed by atoms with van der Waals surface area (Å²) in [6.45, 7) is 2.95. The molecular weight excluding hydrogens is 262 g/mol. The molecule has 1 atom stereocenters. The van der Waals surface area contributed by atoms with Crippen LogP contribution >= 0.6 is 0 Å². The van der Waals surface area contributed by atoms with Crippen LogP contribution in [0.5, 0.6) is 5.75 Å². The fourth-order valence-corrected chi connectivity index (χ4v) is 2.08. The minimum absolute atomic E-state index is 0.0752. The molecule has 1 aliphatic rings. The number of amides is 1. The van der Waals surface area contributed by atoms with Gasteiger partial charge in [0.1, 0.15) is 11.8 Å². The maximum atomic E-state index is 11.9. The summed E-state index contributed by atoms with van der Waals surface area (Å²) in [6.07, 6.45) is 0.335. The maximum Gasteiger partial charge on any atom is 0.326 e. The summed E-state index contributed by atoms with van der Waals surface area (Å²) in [5, 5.41) is 9.10. The van der Waals surface area contributed by atoms with Gasteiger partial charge in [-0.25, -0.2) is 4.79 Å². The van der Waals surface area contributed by atoms with Crippen LogP contribution in [0.3, 0.4) is 0 Å².